The first-order chi connectivity index (χ1) is 7.83. The van der Waals surface area contributed by atoms with Crippen LogP contribution in [0.3, 0.4) is 0 Å². The summed E-state index contributed by atoms with van der Waals surface area (Å²) in [6.45, 7) is 0.261. The molecule has 2 aliphatic rings. The molecule has 0 unspecified atom stereocenters. The van der Waals surface area contributed by atoms with E-state index < -0.39 is 0 Å². The molecule has 1 aromatic carbocycles. The fourth-order valence-corrected chi connectivity index (χ4v) is 3.12. The normalized spacial score (nSPS) is 22.6. The van der Waals surface area contributed by atoms with E-state index in [0.29, 0.717) is 0 Å². The predicted octanol–water partition coefficient (Wildman–Crippen LogP) is 2.85. The second-order valence-corrected chi connectivity index (χ2v) is 4.85. The van der Waals surface area contributed by atoms with E-state index in [1.165, 1.54) is 19.3 Å². The van der Waals surface area contributed by atoms with Gasteiger partial charge in [0.05, 0.1) is 5.41 Å². The van der Waals surface area contributed by atoms with Gasteiger partial charge >= 0.3 is 0 Å². The molecule has 3 rings (SSSR count). The number of benzene rings is 1. The molecule has 1 aliphatic heterocycles. The average Bonchev–Trinajstić information content (AvgIpc) is 2.36. The molecule has 1 aromatic rings. The lowest BCUT2D eigenvalue weighted by atomic mass is 9.66. The van der Waals surface area contributed by atoms with Crippen LogP contribution in [0, 0.1) is 0 Å². The minimum atomic E-state index is -0.215. The Hall–Kier alpha value is -1.31. The number of fused-ring (bicyclic) bond motifs is 2. The zero-order valence-corrected chi connectivity index (χ0v) is 9.37. The molecule has 1 aliphatic carbocycles. The molecule has 0 radical (unpaired) electrons. The number of hydrogen-bond donors (Lipinski definition) is 0. The number of ether oxygens (including phenoxy) is 1. The zero-order valence-electron chi connectivity index (χ0n) is 9.37. The van der Waals surface area contributed by atoms with Gasteiger partial charge in [0.25, 0.3) is 0 Å². The highest BCUT2D eigenvalue weighted by Gasteiger charge is 2.45. The van der Waals surface area contributed by atoms with Crippen LogP contribution in [-0.2, 0) is 10.2 Å². The number of hydrogen-bond acceptors (Lipinski definition) is 2. The summed E-state index contributed by atoms with van der Waals surface area (Å²) < 4.78 is 5.51. The van der Waals surface area contributed by atoms with E-state index in [2.05, 4.69) is 6.07 Å². The molecule has 0 amide bonds. The first kappa shape index (κ1) is 9.88. The van der Waals surface area contributed by atoms with Gasteiger partial charge in [-0.1, -0.05) is 37.5 Å². The van der Waals surface area contributed by atoms with Gasteiger partial charge in [0, 0.05) is 5.56 Å². The van der Waals surface area contributed by atoms with Crippen molar-refractivity contribution in [3.63, 3.8) is 0 Å². The average molecular weight is 216 g/mol. The van der Waals surface area contributed by atoms with Gasteiger partial charge in [0.2, 0.25) is 0 Å². The number of ketones is 1. The Kier molecular flexibility index (Phi) is 2.23. The van der Waals surface area contributed by atoms with Crippen molar-refractivity contribution in [3.8, 4) is 5.75 Å². The van der Waals surface area contributed by atoms with Crippen molar-refractivity contribution in [1.82, 2.24) is 0 Å². The molecule has 1 heterocycles. The first-order valence-corrected chi connectivity index (χ1v) is 6.08. The quantitative estimate of drug-likeness (QED) is 0.666. The molecule has 84 valence electrons. The first-order valence-electron chi connectivity index (χ1n) is 6.08. The van der Waals surface area contributed by atoms with Crippen molar-refractivity contribution in [1.29, 1.82) is 0 Å². The summed E-state index contributed by atoms with van der Waals surface area (Å²) in [6, 6.07) is 8.04. The Balaban J connectivity index is 2.12. The van der Waals surface area contributed by atoms with Crippen LogP contribution in [-0.4, -0.2) is 12.4 Å². The number of rotatable bonds is 0. The molecule has 2 nitrogen and oxygen atoms in total. The summed E-state index contributed by atoms with van der Waals surface area (Å²) in [5.41, 5.74) is 0.915. The predicted molar refractivity (Wildman–Crippen MR) is 61.7 cm³/mol. The van der Waals surface area contributed by atoms with Crippen molar-refractivity contribution >= 4 is 5.78 Å². The van der Waals surface area contributed by atoms with Crippen LogP contribution < -0.4 is 4.74 Å². The summed E-state index contributed by atoms with van der Waals surface area (Å²) in [5.74, 6) is 1.20. The van der Waals surface area contributed by atoms with Crippen molar-refractivity contribution in [3.05, 3.63) is 29.8 Å². The van der Waals surface area contributed by atoms with Gasteiger partial charge in [-0.15, -0.1) is 0 Å². The van der Waals surface area contributed by atoms with E-state index >= 15 is 0 Å². The van der Waals surface area contributed by atoms with Gasteiger partial charge in [0.15, 0.2) is 5.78 Å². The van der Waals surface area contributed by atoms with Crippen LogP contribution in [0.15, 0.2) is 24.3 Å². The van der Waals surface area contributed by atoms with Crippen LogP contribution >= 0.6 is 0 Å². The van der Waals surface area contributed by atoms with Gasteiger partial charge < -0.3 is 4.74 Å². The Morgan fingerprint density at radius 3 is 2.62 bits per heavy atom. The van der Waals surface area contributed by atoms with Crippen LogP contribution in [0.25, 0.3) is 0 Å². The molecule has 0 atom stereocenters. The maximum atomic E-state index is 12.2. The van der Waals surface area contributed by atoms with Crippen LogP contribution in [0.4, 0.5) is 0 Å². The second kappa shape index (κ2) is 3.62. The Bertz CT molecular complexity index is 416. The molecule has 0 saturated heterocycles. The summed E-state index contributed by atoms with van der Waals surface area (Å²) in [7, 11) is 0. The molecule has 0 N–H and O–H groups in total. The number of para-hydroxylation sites is 1. The standard InChI is InChI=1S/C14H16O2/c15-13-10-16-12-7-3-2-6-11(12)14(13)8-4-1-5-9-14/h2-3,6-7H,1,4-5,8-10H2. The maximum absolute atomic E-state index is 12.2. The molecule has 16 heavy (non-hydrogen) atoms. The van der Waals surface area contributed by atoms with E-state index in [4.69, 9.17) is 4.74 Å². The second-order valence-electron chi connectivity index (χ2n) is 4.85. The van der Waals surface area contributed by atoms with Crippen molar-refractivity contribution < 1.29 is 9.53 Å². The van der Waals surface area contributed by atoms with Crippen molar-refractivity contribution in [2.75, 3.05) is 6.61 Å². The highest BCUT2D eigenvalue weighted by Crippen LogP contribution is 2.46. The summed E-state index contributed by atoms with van der Waals surface area (Å²) in [6.07, 6.45) is 5.61. The van der Waals surface area contributed by atoms with Crippen molar-refractivity contribution in [2.45, 2.75) is 37.5 Å². The third-order valence-electron chi connectivity index (χ3n) is 4.00. The zero-order chi connectivity index (χ0) is 11.0. The fourth-order valence-electron chi connectivity index (χ4n) is 3.12. The lowest BCUT2D eigenvalue weighted by Crippen LogP contribution is -2.44. The molecule has 1 spiro atoms. The van der Waals surface area contributed by atoms with Gasteiger partial charge in [-0.3, -0.25) is 4.79 Å². The number of carbonyl (C=O) groups is 1. The van der Waals surface area contributed by atoms with Gasteiger partial charge in [-0.2, -0.15) is 0 Å². The number of Topliss-reactive ketones (excluding diaryl/α,β-unsaturated/α-hetero) is 1. The van der Waals surface area contributed by atoms with E-state index in [1.54, 1.807) is 0 Å². The van der Waals surface area contributed by atoms with E-state index in [-0.39, 0.29) is 17.8 Å². The molecule has 0 bridgehead atoms. The molecular formula is C14H16O2. The largest absolute Gasteiger partial charge is 0.485 e. The van der Waals surface area contributed by atoms with Crippen molar-refractivity contribution in [2.24, 2.45) is 0 Å². The van der Waals surface area contributed by atoms with E-state index in [1.807, 2.05) is 18.2 Å². The SMILES string of the molecule is O=C1COc2ccccc2C12CCCCC2. The lowest BCUT2D eigenvalue weighted by Gasteiger charge is -2.40. The van der Waals surface area contributed by atoms with Crippen LogP contribution in [0.5, 0.6) is 5.75 Å². The van der Waals surface area contributed by atoms with Gasteiger partial charge in [-0.25, -0.2) is 0 Å². The fraction of sp³-hybridized carbons (Fsp3) is 0.500. The number of carbonyl (C=O) groups excluding carboxylic acids is 1. The monoisotopic (exact) mass is 216 g/mol. The molecule has 0 aromatic heterocycles. The smallest absolute Gasteiger partial charge is 0.180 e. The van der Waals surface area contributed by atoms with Gasteiger partial charge in [0.1, 0.15) is 12.4 Å². The summed E-state index contributed by atoms with van der Waals surface area (Å²) in [4.78, 5) is 12.2. The Labute approximate surface area is 95.6 Å². The lowest BCUT2D eigenvalue weighted by molar-refractivity contribution is -0.129. The maximum Gasteiger partial charge on any atom is 0.180 e. The van der Waals surface area contributed by atoms with Gasteiger partial charge in [-0.05, 0) is 18.9 Å². The van der Waals surface area contributed by atoms with E-state index in [9.17, 15) is 4.79 Å². The minimum Gasteiger partial charge on any atom is -0.485 e. The highest BCUT2D eigenvalue weighted by atomic mass is 16.5. The summed E-state index contributed by atoms with van der Waals surface area (Å²) in [5, 5.41) is 0. The topological polar surface area (TPSA) is 26.3 Å². The third kappa shape index (κ3) is 1.29. The molecule has 1 saturated carbocycles. The molecular weight excluding hydrogens is 200 g/mol. The minimum absolute atomic E-state index is 0.215. The Morgan fingerprint density at radius 1 is 1.06 bits per heavy atom. The Morgan fingerprint density at radius 2 is 1.81 bits per heavy atom. The van der Waals surface area contributed by atoms with Crippen LogP contribution in [0.1, 0.15) is 37.7 Å². The highest BCUT2D eigenvalue weighted by molar-refractivity contribution is 5.93. The molecule has 1 fully saturated rings. The van der Waals surface area contributed by atoms with E-state index in [0.717, 1.165) is 24.2 Å². The van der Waals surface area contributed by atoms with Crippen LogP contribution in [0.2, 0.25) is 0 Å². The summed E-state index contributed by atoms with van der Waals surface area (Å²) >= 11 is 0. The third-order valence-corrected chi connectivity index (χ3v) is 4.00. The molecule has 2 heteroatoms.